The van der Waals surface area contributed by atoms with E-state index in [0.29, 0.717) is 23.4 Å². The first-order valence-electron chi connectivity index (χ1n) is 19.3. The predicted octanol–water partition coefficient (Wildman–Crippen LogP) is 3.52. The summed E-state index contributed by atoms with van der Waals surface area (Å²) in [6, 6.07) is 44.8. The van der Waals surface area contributed by atoms with Gasteiger partial charge in [-0.2, -0.15) is 0 Å². The van der Waals surface area contributed by atoms with Crippen molar-refractivity contribution in [3.63, 3.8) is 0 Å². The van der Waals surface area contributed by atoms with Crippen LogP contribution in [-0.4, -0.2) is 59.2 Å². The molecule has 5 aromatic carbocycles. The maximum absolute atomic E-state index is 13.8. The van der Waals surface area contributed by atoms with Crippen LogP contribution in [0.3, 0.4) is 0 Å². The lowest BCUT2D eigenvalue weighted by Gasteiger charge is -2.36. The molecule has 0 radical (unpaired) electrons. The second kappa shape index (κ2) is 21.7. The molecule has 12 nitrogen and oxygen atoms in total. The second-order valence-electron chi connectivity index (χ2n) is 14.1. The highest BCUT2D eigenvalue weighted by Crippen LogP contribution is 2.43. The molecule has 0 spiro atoms. The lowest BCUT2D eigenvalue weighted by molar-refractivity contribution is -0.134. The summed E-state index contributed by atoms with van der Waals surface area (Å²) >= 11 is 5.75. The van der Waals surface area contributed by atoms with Gasteiger partial charge >= 0.3 is 0 Å². The minimum absolute atomic E-state index is 0.0320. The maximum Gasteiger partial charge on any atom is 0.256 e. The number of carbonyl (C=O) groups is 5. The normalized spacial score (nSPS) is 12.5. The Balaban J connectivity index is 1.27. The number of thiocarbonyl (C=S) groups is 1. The number of hydrazine groups is 1. The van der Waals surface area contributed by atoms with Gasteiger partial charge in [0.15, 0.2) is 0 Å². The number of benzene rings is 5. The van der Waals surface area contributed by atoms with E-state index in [4.69, 9.17) is 23.8 Å². The van der Waals surface area contributed by atoms with Gasteiger partial charge in [0, 0.05) is 18.3 Å². The summed E-state index contributed by atoms with van der Waals surface area (Å²) in [6.45, 7) is -0.292. The fraction of sp³-hybridized carbons (Fsp3) is 0.217. The molecule has 0 aliphatic heterocycles. The summed E-state index contributed by atoms with van der Waals surface area (Å²) in [5, 5.41) is 11.0. The molecular formula is C46H49N7O5S. The number of nitrogens with two attached hydrogens (primary N) is 2. The topological polar surface area (TPSA) is 198 Å². The van der Waals surface area contributed by atoms with Gasteiger partial charge in [-0.3, -0.25) is 29.4 Å². The second-order valence-corrected chi connectivity index (χ2v) is 14.6. The van der Waals surface area contributed by atoms with Crippen molar-refractivity contribution in [1.82, 2.24) is 26.7 Å². The zero-order valence-corrected chi connectivity index (χ0v) is 33.3. The molecule has 5 amide bonds. The van der Waals surface area contributed by atoms with E-state index < -0.39 is 59.5 Å². The maximum atomic E-state index is 13.8. The van der Waals surface area contributed by atoms with Gasteiger partial charge in [0.05, 0.1) is 18.0 Å². The number of hydrogen-bond acceptors (Lipinski definition) is 7. The first kappa shape index (κ1) is 43.4. The van der Waals surface area contributed by atoms with Crippen LogP contribution < -0.4 is 38.3 Å². The van der Waals surface area contributed by atoms with E-state index in [9.17, 15) is 24.0 Å². The fourth-order valence-electron chi connectivity index (χ4n) is 7.09. The molecule has 0 bridgehead atoms. The summed E-state index contributed by atoms with van der Waals surface area (Å²) < 4.78 is 0. The van der Waals surface area contributed by atoms with Crippen molar-refractivity contribution in [3.8, 4) is 0 Å². The van der Waals surface area contributed by atoms with Crippen molar-refractivity contribution in [1.29, 1.82) is 0 Å². The summed E-state index contributed by atoms with van der Waals surface area (Å²) in [5.41, 5.74) is 11.8. The van der Waals surface area contributed by atoms with E-state index in [0.717, 1.165) is 22.3 Å². The van der Waals surface area contributed by atoms with Crippen molar-refractivity contribution in [3.05, 3.63) is 179 Å². The Morgan fingerprint density at radius 2 is 0.932 bits per heavy atom. The van der Waals surface area contributed by atoms with Gasteiger partial charge in [0.2, 0.25) is 23.6 Å². The molecule has 0 fully saturated rings. The van der Waals surface area contributed by atoms with Crippen molar-refractivity contribution in [2.45, 2.75) is 55.6 Å². The van der Waals surface area contributed by atoms with Crippen LogP contribution in [-0.2, 0) is 42.2 Å². The standard InChI is InChI=1S/C46H49N7O5S/c47-40(54)30-39(44(57)51-37(28-32-16-6-1-7-17-32)43(56)52-38(45(58)53-48)29-33-18-8-2-9-19-33)50-41(55)31-49-42(59)26-27-46(34-20-10-3-11-21-34,35-22-12-4-13-23-35)36-24-14-5-15-25-36/h1-25,37-39H,26-31,48H2,(H2,47,54)(H,49,59)(H,50,55)(H,51,57)(H,52,56)(H,53,58). The van der Waals surface area contributed by atoms with Crippen molar-refractivity contribution >= 4 is 46.7 Å². The Morgan fingerprint density at radius 1 is 0.542 bits per heavy atom. The molecule has 3 atom stereocenters. The Labute approximate surface area is 349 Å². The minimum atomic E-state index is -1.42. The van der Waals surface area contributed by atoms with E-state index in [-0.39, 0.29) is 19.4 Å². The Hall–Kier alpha value is -6.70. The molecule has 13 heteroatoms. The van der Waals surface area contributed by atoms with Gasteiger partial charge in [-0.05, 0) is 40.7 Å². The average molecular weight is 812 g/mol. The van der Waals surface area contributed by atoms with Crippen LogP contribution in [0.15, 0.2) is 152 Å². The average Bonchev–Trinajstić information content (AvgIpc) is 3.26. The number of rotatable bonds is 20. The number of hydrogen-bond donors (Lipinski definition) is 7. The van der Waals surface area contributed by atoms with Crippen LogP contribution in [0.5, 0.6) is 0 Å². The molecule has 3 unspecified atom stereocenters. The van der Waals surface area contributed by atoms with Crippen molar-refractivity contribution in [2.75, 3.05) is 6.54 Å². The summed E-state index contributed by atoms with van der Waals surface area (Å²) in [6.07, 6.45) is 0.611. The zero-order valence-electron chi connectivity index (χ0n) is 32.5. The molecule has 9 N–H and O–H groups in total. The Morgan fingerprint density at radius 3 is 1.34 bits per heavy atom. The third-order valence-electron chi connectivity index (χ3n) is 10.0. The zero-order chi connectivity index (χ0) is 42.0. The quantitative estimate of drug-likeness (QED) is 0.0204. The van der Waals surface area contributed by atoms with Gasteiger partial charge < -0.3 is 27.0 Å². The summed E-state index contributed by atoms with van der Waals surface area (Å²) in [7, 11) is 0. The number of carbonyl (C=O) groups excluding carboxylic acids is 5. The molecule has 0 aliphatic carbocycles. The first-order valence-corrected chi connectivity index (χ1v) is 19.7. The first-order chi connectivity index (χ1) is 28.6. The van der Waals surface area contributed by atoms with Crippen LogP contribution in [0.4, 0.5) is 0 Å². The molecule has 0 heterocycles. The molecule has 5 aromatic rings. The van der Waals surface area contributed by atoms with Gasteiger partial charge in [-0.1, -0.05) is 164 Å². The van der Waals surface area contributed by atoms with Crippen LogP contribution in [0.1, 0.15) is 47.1 Å². The lowest BCUT2D eigenvalue weighted by atomic mass is 9.67. The van der Waals surface area contributed by atoms with Gasteiger partial charge in [0.25, 0.3) is 5.91 Å². The predicted molar refractivity (Wildman–Crippen MR) is 231 cm³/mol. The van der Waals surface area contributed by atoms with Gasteiger partial charge in [-0.25, -0.2) is 5.84 Å². The molecule has 0 aliphatic rings. The number of primary amides is 1. The largest absolute Gasteiger partial charge is 0.371 e. The van der Waals surface area contributed by atoms with Gasteiger partial charge in [0.1, 0.15) is 18.1 Å². The van der Waals surface area contributed by atoms with Crippen molar-refractivity contribution in [2.24, 2.45) is 11.6 Å². The molecule has 5 rings (SSSR count). The van der Waals surface area contributed by atoms with Crippen LogP contribution >= 0.6 is 12.2 Å². The molecule has 304 valence electrons. The highest BCUT2D eigenvalue weighted by Gasteiger charge is 2.36. The summed E-state index contributed by atoms with van der Waals surface area (Å²) in [5.74, 6) is 1.84. The lowest BCUT2D eigenvalue weighted by Crippen LogP contribution is -2.59. The Bertz CT molecular complexity index is 2060. The van der Waals surface area contributed by atoms with E-state index in [1.807, 2.05) is 66.7 Å². The highest BCUT2D eigenvalue weighted by atomic mass is 32.1. The highest BCUT2D eigenvalue weighted by molar-refractivity contribution is 7.80. The number of nitrogens with one attached hydrogen (secondary N) is 5. The fourth-order valence-corrected chi connectivity index (χ4v) is 7.26. The monoisotopic (exact) mass is 811 g/mol. The smallest absolute Gasteiger partial charge is 0.256 e. The van der Waals surface area contributed by atoms with Crippen LogP contribution in [0.25, 0.3) is 0 Å². The third-order valence-corrected chi connectivity index (χ3v) is 10.4. The Kier molecular flexibility index (Phi) is 16.0. The van der Waals surface area contributed by atoms with Gasteiger partial charge in [-0.15, -0.1) is 0 Å². The minimum Gasteiger partial charge on any atom is -0.371 e. The molecule has 0 aromatic heterocycles. The molecule has 0 saturated heterocycles. The van der Waals surface area contributed by atoms with E-state index in [1.165, 1.54) is 0 Å². The third kappa shape index (κ3) is 12.4. The molecule has 0 saturated carbocycles. The van der Waals surface area contributed by atoms with Crippen molar-refractivity contribution < 1.29 is 24.0 Å². The van der Waals surface area contributed by atoms with Crippen LogP contribution in [0.2, 0.25) is 0 Å². The number of amides is 5. The SMILES string of the molecule is NNC(=O)C(Cc1ccccc1)NC(=O)C(Cc1ccccc1)NC(=O)C(CC(N)=O)NC(=O)CNC(=S)CCC(c1ccccc1)(c1ccccc1)c1ccccc1. The van der Waals surface area contributed by atoms with E-state index >= 15 is 0 Å². The summed E-state index contributed by atoms with van der Waals surface area (Å²) in [4.78, 5) is 66.3. The van der Waals surface area contributed by atoms with Crippen LogP contribution in [0, 0.1) is 0 Å². The van der Waals surface area contributed by atoms with E-state index in [1.54, 1.807) is 48.5 Å². The van der Waals surface area contributed by atoms with E-state index in [2.05, 4.69) is 63.1 Å². The molecular weight excluding hydrogens is 763 g/mol. The molecule has 59 heavy (non-hydrogen) atoms.